The third-order valence-corrected chi connectivity index (χ3v) is 5.20. The number of piperidine rings is 1. The van der Waals surface area contributed by atoms with Crippen LogP contribution in [0.2, 0.25) is 0 Å². The molecule has 0 N–H and O–H groups in total. The van der Waals surface area contributed by atoms with Crippen molar-refractivity contribution in [2.75, 3.05) is 26.7 Å². The molecule has 1 fully saturated rings. The Hall–Kier alpha value is -1.94. The molecule has 0 saturated carbocycles. The van der Waals surface area contributed by atoms with E-state index < -0.39 is 0 Å². The van der Waals surface area contributed by atoms with Gasteiger partial charge in [-0.05, 0) is 63.5 Å². The highest BCUT2D eigenvalue weighted by atomic mass is 16.2. The number of pyridine rings is 1. The van der Waals surface area contributed by atoms with Gasteiger partial charge >= 0.3 is 0 Å². The molecule has 0 spiro atoms. The van der Waals surface area contributed by atoms with E-state index in [4.69, 9.17) is 0 Å². The van der Waals surface area contributed by atoms with Crippen LogP contribution in [-0.2, 0) is 0 Å². The molecule has 128 valence electrons. The van der Waals surface area contributed by atoms with Gasteiger partial charge in [-0.3, -0.25) is 14.7 Å². The molecule has 1 aromatic heterocycles. The van der Waals surface area contributed by atoms with E-state index in [0.717, 1.165) is 29.6 Å². The quantitative estimate of drug-likeness (QED) is 0.856. The minimum atomic E-state index is 0.0499. The lowest BCUT2D eigenvalue weighted by atomic mass is 9.97. The Morgan fingerprint density at radius 2 is 2.04 bits per heavy atom. The van der Waals surface area contributed by atoms with E-state index in [2.05, 4.69) is 35.0 Å². The van der Waals surface area contributed by atoms with E-state index in [1.165, 1.54) is 24.8 Å². The highest BCUT2D eigenvalue weighted by molar-refractivity contribution is 6.05. The van der Waals surface area contributed by atoms with Gasteiger partial charge in [0.2, 0.25) is 0 Å². The van der Waals surface area contributed by atoms with Gasteiger partial charge < -0.3 is 4.90 Å². The first-order chi connectivity index (χ1) is 11.6. The molecule has 1 aliphatic heterocycles. The SMILES string of the molecule is CCN(C)C(=O)c1cc(C(C)N2CCCCC2)cc2cccnc12. The number of hydrogen-bond donors (Lipinski definition) is 0. The van der Waals surface area contributed by atoms with Crippen LogP contribution < -0.4 is 0 Å². The van der Waals surface area contributed by atoms with Crippen molar-refractivity contribution in [2.45, 2.75) is 39.2 Å². The maximum atomic E-state index is 12.8. The summed E-state index contributed by atoms with van der Waals surface area (Å²) < 4.78 is 0. The zero-order valence-electron chi connectivity index (χ0n) is 15.0. The fourth-order valence-electron chi connectivity index (χ4n) is 3.49. The third-order valence-electron chi connectivity index (χ3n) is 5.20. The van der Waals surface area contributed by atoms with E-state index in [1.54, 1.807) is 11.1 Å². The van der Waals surface area contributed by atoms with Crippen LogP contribution in [0, 0.1) is 0 Å². The first-order valence-electron chi connectivity index (χ1n) is 9.00. The molecule has 1 unspecified atom stereocenters. The molecular weight excluding hydrogens is 298 g/mol. The maximum absolute atomic E-state index is 12.8. The summed E-state index contributed by atoms with van der Waals surface area (Å²) in [7, 11) is 1.85. The van der Waals surface area contributed by atoms with Gasteiger partial charge in [-0.25, -0.2) is 0 Å². The van der Waals surface area contributed by atoms with Gasteiger partial charge in [0.1, 0.15) is 0 Å². The molecule has 0 bridgehead atoms. The van der Waals surface area contributed by atoms with Crippen LogP contribution in [0.4, 0.5) is 0 Å². The molecular formula is C20H27N3O. The first kappa shape index (κ1) is 16.9. The van der Waals surface area contributed by atoms with Gasteiger partial charge in [0.05, 0.1) is 11.1 Å². The van der Waals surface area contributed by atoms with Gasteiger partial charge in [0.25, 0.3) is 5.91 Å². The Kier molecular flexibility index (Phi) is 5.14. The van der Waals surface area contributed by atoms with Gasteiger partial charge in [-0.15, -0.1) is 0 Å². The van der Waals surface area contributed by atoms with Crippen molar-refractivity contribution >= 4 is 16.8 Å². The van der Waals surface area contributed by atoms with E-state index in [1.807, 2.05) is 20.0 Å². The van der Waals surface area contributed by atoms with Crippen molar-refractivity contribution in [3.63, 3.8) is 0 Å². The van der Waals surface area contributed by atoms with Crippen LogP contribution in [0.25, 0.3) is 10.9 Å². The Labute approximate surface area is 144 Å². The fraction of sp³-hybridized carbons (Fsp3) is 0.500. The fourth-order valence-corrected chi connectivity index (χ4v) is 3.49. The molecule has 1 amide bonds. The lowest BCUT2D eigenvalue weighted by Crippen LogP contribution is -2.32. The standard InChI is InChI=1S/C20H27N3O/c1-4-22(3)20(24)18-14-17(13-16-9-8-10-21-19(16)18)15(2)23-11-6-5-7-12-23/h8-10,13-15H,4-7,11-12H2,1-3H3. The van der Waals surface area contributed by atoms with Crippen LogP contribution >= 0.6 is 0 Å². The molecule has 3 rings (SSSR count). The summed E-state index contributed by atoms with van der Waals surface area (Å²) in [6.45, 7) is 7.22. The number of amides is 1. The number of benzene rings is 1. The molecule has 1 saturated heterocycles. The third kappa shape index (κ3) is 3.29. The normalized spacial score (nSPS) is 17.0. The van der Waals surface area contributed by atoms with Crippen molar-refractivity contribution in [3.05, 3.63) is 41.6 Å². The topological polar surface area (TPSA) is 36.4 Å². The highest BCUT2D eigenvalue weighted by Crippen LogP contribution is 2.29. The summed E-state index contributed by atoms with van der Waals surface area (Å²) in [6.07, 6.45) is 5.63. The second-order valence-electron chi connectivity index (χ2n) is 6.74. The van der Waals surface area contributed by atoms with Crippen LogP contribution in [0.3, 0.4) is 0 Å². The first-order valence-corrected chi connectivity index (χ1v) is 9.00. The largest absolute Gasteiger partial charge is 0.342 e. The van der Waals surface area contributed by atoms with E-state index in [9.17, 15) is 4.79 Å². The Morgan fingerprint density at radius 1 is 1.29 bits per heavy atom. The molecule has 0 radical (unpaired) electrons. The number of carbonyl (C=O) groups excluding carboxylic acids is 1. The molecule has 1 aliphatic rings. The van der Waals surface area contributed by atoms with Crippen LogP contribution in [0.5, 0.6) is 0 Å². The summed E-state index contributed by atoms with van der Waals surface area (Å²) in [5.74, 6) is 0.0499. The zero-order chi connectivity index (χ0) is 17.1. The van der Waals surface area contributed by atoms with Crippen molar-refractivity contribution in [1.82, 2.24) is 14.8 Å². The molecule has 1 atom stereocenters. The maximum Gasteiger partial charge on any atom is 0.255 e. The number of hydrogen-bond acceptors (Lipinski definition) is 3. The van der Waals surface area contributed by atoms with Crippen molar-refractivity contribution in [1.29, 1.82) is 0 Å². The average Bonchev–Trinajstić information content (AvgIpc) is 2.66. The minimum Gasteiger partial charge on any atom is -0.342 e. The molecule has 2 heterocycles. The zero-order valence-corrected chi connectivity index (χ0v) is 15.0. The Bertz CT molecular complexity index is 722. The number of carbonyl (C=O) groups is 1. The van der Waals surface area contributed by atoms with Crippen molar-refractivity contribution < 1.29 is 4.79 Å². The molecule has 0 aliphatic carbocycles. The van der Waals surface area contributed by atoms with Gasteiger partial charge in [-0.2, -0.15) is 0 Å². The number of aromatic nitrogens is 1. The molecule has 2 aromatic rings. The number of likely N-dealkylation sites (tertiary alicyclic amines) is 1. The number of fused-ring (bicyclic) bond motifs is 1. The lowest BCUT2D eigenvalue weighted by Gasteiger charge is -2.33. The second kappa shape index (κ2) is 7.31. The summed E-state index contributed by atoms with van der Waals surface area (Å²) in [6, 6.07) is 8.58. The summed E-state index contributed by atoms with van der Waals surface area (Å²) >= 11 is 0. The van der Waals surface area contributed by atoms with E-state index in [-0.39, 0.29) is 5.91 Å². The molecule has 4 heteroatoms. The molecule has 1 aromatic carbocycles. The van der Waals surface area contributed by atoms with E-state index in [0.29, 0.717) is 12.6 Å². The summed E-state index contributed by atoms with van der Waals surface area (Å²) in [5.41, 5.74) is 2.74. The highest BCUT2D eigenvalue weighted by Gasteiger charge is 2.22. The molecule has 24 heavy (non-hydrogen) atoms. The van der Waals surface area contributed by atoms with E-state index >= 15 is 0 Å². The van der Waals surface area contributed by atoms with Crippen LogP contribution in [-0.4, -0.2) is 47.4 Å². The lowest BCUT2D eigenvalue weighted by molar-refractivity contribution is 0.0804. The van der Waals surface area contributed by atoms with Crippen LogP contribution in [0.15, 0.2) is 30.5 Å². The van der Waals surface area contributed by atoms with Crippen LogP contribution in [0.1, 0.15) is 55.1 Å². The predicted octanol–water partition coefficient (Wildman–Crippen LogP) is 3.87. The molecule has 4 nitrogen and oxygen atoms in total. The monoisotopic (exact) mass is 325 g/mol. The Morgan fingerprint density at radius 3 is 2.75 bits per heavy atom. The minimum absolute atomic E-state index is 0.0499. The van der Waals surface area contributed by atoms with Gasteiger partial charge in [0, 0.05) is 31.2 Å². The summed E-state index contributed by atoms with van der Waals surface area (Å²) in [4.78, 5) is 21.6. The van der Waals surface area contributed by atoms with Crippen molar-refractivity contribution in [3.8, 4) is 0 Å². The number of nitrogens with zero attached hydrogens (tertiary/aromatic N) is 3. The predicted molar refractivity (Wildman–Crippen MR) is 98.2 cm³/mol. The van der Waals surface area contributed by atoms with Gasteiger partial charge in [0.15, 0.2) is 0 Å². The number of rotatable bonds is 4. The second-order valence-corrected chi connectivity index (χ2v) is 6.74. The summed E-state index contributed by atoms with van der Waals surface area (Å²) in [5, 5.41) is 1.05. The van der Waals surface area contributed by atoms with Gasteiger partial charge in [-0.1, -0.05) is 12.5 Å². The smallest absolute Gasteiger partial charge is 0.255 e. The van der Waals surface area contributed by atoms with Crippen molar-refractivity contribution in [2.24, 2.45) is 0 Å². The Balaban J connectivity index is 2.04. The average molecular weight is 325 g/mol.